The van der Waals surface area contributed by atoms with Crippen LogP contribution in [0.4, 0.5) is 0 Å². The highest BCUT2D eigenvalue weighted by atomic mass is 16.1. The third-order valence-electron chi connectivity index (χ3n) is 7.55. The van der Waals surface area contributed by atoms with E-state index in [-0.39, 0.29) is 0 Å². The Hall–Kier alpha value is -6.31. The average Bonchev–Trinajstić information content (AvgIpc) is 3.39. The number of hydrogen-bond acceptors (Lipinski definition) is 1. The second-order valence-electron chi connectivity index (χ2n) is 16.0. The van der Waals surface area contributed by atoms with Crippen LogP contribution in [0.1, 0.15) is 143 Å². The van der Waals surface area contributed by atoms with Crippen LogP contribution >= 0.6 is 0 Å². The normalized spacial score (nSPS) is 8.20. The van der Waals surface area contributed by atoms with Crippen LogP contribution in [-0.2, 0) is 4.79 Å². The van der Waals surface area contributed by atoms with Gasteiger partial charge in [-0.15, -0.1) is 0 Å². The van der Waals surface area contributed by atoms with Gasteiger partial charge in [0, 0.05) is 0 Å². The van der Waals surface area contributed by atoms with E-state index in [9.17, 15) is 0 Å². The zero-order valence-electron chi connectivity index (χ0n) is 49.3. The molecule has 0 atom stereocenters. The van der Waals surface area contributed by atoms with Gasteiger partial charge in [-0.1, -0.05) is 360 Å². The van der Waals surface area contributed by atoms with Crippen molar-refractivity contribution in [2.24, 2.45) is 5.41 Å². The molecule has 0 aliphatic rings. The molecule has 71 heavy (non-hydrogen) atoms. The van der Waals surface area contributed by atoms with E-state index in [4.69, 9.17) is 4.79 Å². The van der Waals surface area contributed by atoms with E-state index < -0.39 is 0 Å². The maximum atomic E-state index is 8.81. The van der Waals surface area contributed by atoms with Crippen LogP contribution in [0.5, 0.6) is 0 Å². The SMILES string of the molecule is CC.CC.CC.CC.CC.CC(C)(C)C.CC=O.Cc1ccc2ccccc2c1.Cc1ccccc1.Cc1ccccc1.Cc1ccccc1.Cc1ccccc1.Cc1ccccc1.Cc1ccccc1. The molecule has 0 radical (unpaired) electrons. The predicted molar refractivity (Wildman–Crippen MR) is 329 cm³/mol. The first-order valence-electron chi connectivity index (χ1n) is 26.1. The molecule has 0 saturated carbocycles. The summed E-state index contributed by atoms with van der Waals surface area (Å²) in [6.07, 6.45) is 0.750. The zero-order chi connectivity index (χ0) is 55.6. The quantitative estimate of drug-likeness (QED) is 0.138. The van der Waals surface area contributed by atoms with Crippen LogP contribution in [-0.4, -0.2) is 6.29 Å². The van der Waals surface area contributed by atoms with Gasteiger partial charge in [0.15, 0.2) is 0 Å². The fourth-order valence-corrected chi connectivity index (χ4v) is 4.52. The Kier molecular flexibility index (Phi) is 64.2. The number of aldehydes is 1. The predicted octanol–water partition coefficient (Wildman–Crippen LogP) is 22.5. The van der Waals surface area contributed by atoms with E-state index in [1.165, 1.54) is 56.6 Å². The van der Waals surface area contributed by atoms with E-state index in [2.05, 4.69) is 191 Å². The van der Waals surface area contributed by atoms with Crippen molar-refractivity contribution in [3.05, 3.63) is 263 Å². The lowest BCUT2D eigenvalue weighted by atomic mass is 10.0. The Morgan fingerprint density at radius 3 is 0.563 bits per heavy atom. The van der Waals surface area contributed by atoms with Gasteiger partial charge in [0.1, 0.15) is 6.29 Å². The highest BCUT2D eigenvalue weighted by molar-refractivity contribution is 5.82. The number of benzene rings is 8. The Morgan fingerprint density at radius 2 is 0.408 bits per heavy atom. The van der Waals surface area contributed by atoms with Crippen molar-refractivity contribution in [1.82, 2.24) is 0 Å². The van der Waals surface area contributed by atoms with E-state index in [1.54, 1.807) is 0 Å². The number of rotatable bonds is 0. The van der Waals surface area contributed by atoms with E-state index in [0.29, 0.717) is 5.41 Å². The molecule has 0 unspecified atom stereocenters. The third kappa shape index (κ3) is 63.7. The number of carbonyl (C=O) groups is 1. The van der Waals surface area contributed by atoms with Crippen LogP contribution < -0.4 is 0 Å². The second-order valence-corrected chi connectivity index (χ2v) is 16.0. The van der Waals surface area contributed by atoms with Crippen molar-refractivity contribution < 1.29 is 4.79 Å². The molecule has 8 aromatic carbocycles. The Bertz CT molecular complexity index is 1840. The monoisotopic (exact) mass is 961 g/mol. The summed E-state index contributed by atoms with van der Waals surface area (Å²) in [7, 11) is 0. The number of aryl methyl sites for hydroxylation is 7. The summed E-state index contributed by atoms with van der Waals surface area (Å²) in [5, 5.41) is 2.64. The van der Waals surface area contributed by atoms with Crippen molar-refractivity contribution in [3.8, 4) is 0 Å². The zero-order valence-corrected chi connectivity index (χ0v) is 49.3. The standard InChI is InChI=1S/C11H10.6C7H8.C5H12.C2H4O.5C2H6/c1-9-6-7-10-4-2-3-5-11(10)8-9;6*1-7-5-3-2-4-6-7;1-5(2,3)4;1-2-3;5*1-2/h2-8H,1H3;6*2-6H,1H3;1-4H3;2H,1H3;5*1-2H3. The van der Waals surface area contributed by atoms with Gasteiger partial charge in [-0.3, -0.25) is 0 Å². The van der Waals surface area contributed by atoms with E-state index in [1.807, 2.05) is 178 Å². The Labute approximate surface area is 440 Å². The smallest absolute Gasteiger partial charge is 0.116 e. The van der Waals surface area contributed by atoms with E-state index in [0.717, 1.165) is 6.29 Å². The Balaban J connectivity index is -0.000000166. The molecular formula is C70H104O. The molecule has 0 bridgehead atoms. The lowest BCUT2D eigenvalue weighted by Gasteiger charge is -2.05. The summed E-state index contributed by atoms with van der Waals surface area (Å²) in [5.74, 6) is 0. The van der Waals surface area contributed by atoms with Crippen LogP contribution in [0.15, 0.2) is 224 Å². The van der Waals surface area contributed by atoms with Crippen LogP contribution in [0.25, 0.3) is 10.8 Å². The summed E-state index contributed by atoms with van der Waals surface area (Å²) in [4.78, 5) is 8.81. The first kappa shape index (κ1) is 76.2. The molecular weight excluding hydrogens is 857 g/mol. The number of fused-ring (bicyclic) bond motifs is 1. The fourth-order valence-electron chi connectivity index (χ4n) is 4.52. The average molecular weight is 962 g/mol. The van der Waals surface area contributed by atoms with E-state index >= 15 is 0 Å². The topological polar surface area (TPSA) is 17.1 Å². The lowest BCUT2D eigenvalue weighted by molar-refractivity contribution is -0.106. The van der Waals surface area contributed by atoms with Gasteiger partial charge < -0.3 is 4.79 Å². The third-order valence-corrected chi connectivity index (χ3v) is 7.55. The van der Waals surface area contributed by atoms with Gasteiger partial charge in [0.25, 0.3) is 0 Å². The number of carbonyl (C=O) groups excluding carboxylic acids is 1. The molecule has 0 aromatic heterocycles. The van der Waals surface area contributed by atoms with Crippen molar-refractivity contribution in [1.29, 1.82) is 0 Å². The fraction of sp³-hybridized carbons (Fsp3) is 0.329. The van der Waals surface area contributed by atoms with Gasteiger partial charge in [-0.05, 0) is 71.6 Å². The minimum atomic E-state index is 0.500. The minimum absolute atomic E-state index is 0.500. The molecule has 8 rings (SSSR count). The molecule has 0 aliphatic carbocycles. The molecule has 0 spiro atoms. The largest absolute Gasteiger partial charge is 0.304 e. The molecule has 1 nitrogen and oxygen atoms in total. The highest BCUT2D eigenvalue weighted by Gasteiger charge is 1.95. The highest BCUT2D eigenvalue weighted by Crippen LogP contribution is 2.14. The van der Waals surface area contributed by atoms with Crippen molar-refractivity contribution in [3.63, 3.8) is 0 Å². The summed E-state index contributed by atoms with van der Waals surface area (Å²) < 4.78 is 0. The first-order valence-corrected chi connectivity index (χ1v) is 26.1. The molecule has 0 fully saturated rings. The van der Waals surface area contributed by atoms with Gasteiger partial charge in [0.05, 0.1) is 0 Å². The van der Waals surface area contributed by atoms with Gasteiger partial charge >= 0.3 is 0 Å². The van der Waals surface area contributed by atoms with Crippen molar-refractivity contribution in [2.75, 3.05) is 0 Å². The number of hydrogen-bond donors (Lipinski definition) is 0. The van der Waals surface area contributed by atoms with Gasteiger partial charge in [-0.25, -0.2) is 0 Å². The molecule has 1 heteroatoms. The molecule has 390 valence electrons. The molecule has 0 aliphatic heterocycles. The van der Waals surface area contributed by atoms with Gasteiger partial charge in [0.2, 0.25) is 0 Å². The van der Waals surface area contributed by atoms with Crippen LogP contribution in [0.3, 0.4) is 0 Å². The van der Waals surface area contributed by atoms with Gasteiger partial charge in [-0.2, -0.15) is 0 Å². The van der Waals surface area contributed by atoms with Crippen LogP contribution in [0.2, 0.25) is 0 Å². The summed E-state index contributed by atoms with van der Waals surface area (Å²) in [6.45, 7) is 44.8. The van der Waals surface area contributed by atoms with Crippen LogP contribution in [0, 0.1) is 53.9 Å². The molecule has 0 saturated heterocycles. The molecule has 8 aromatic rings. The summed E-state index contributed by atoms with van der Waals surface area (Å²) in [5.41, 5.74) is 9.75. The van der Waals surface area contributed by atoms with Crippen molar-refractivity contribution >= 4 is 17.1 Å². The second kappa shape index (κ2) is 59.8. The maximum absolute atomic E-state index is 8.81. The minimum Gasteiger partial charge on any atom is -0.304 e. The molecule has 0 heterocycles. The molecule has 0 N–H and O–H groups in total. The maximum Gasteiger partial charge on any atom is 0.116 e. The van der Waals surface area contributed by atoms with Crippen molar-refractivity contribution in [2.45, 2.75) is 152 Å². The summed E-state index contributed by atoms with van der Waals surface area (Å²) in [6, 6.07) is 76.5. The summed E-state index contributed by atoms with van der Waals surface area (Å²) >= 11 is 0. The Morgan fingerprint density at radius 1 is 0.254 bits per heavy atom. The molecule has 0 amide bonds. The first-order chi connectivity index (χ1) is 34.1. The lowest BCUT2D eigenvalue weighted by Crippen LogP contribution is -1.93.